The lowest BCUT2D eigenvalue weighted by atomic mass is 10.0. The van der Waals surface area contributed by atoms with Crippen molar-refractivity contribution in [2.24, 2.45) is 0 Å². The molecule has 2 amide bonds. The summed E-state index contributed by atoms with van der Waals surface area (Å²) in [5.74, 6) is 0.630. The van der Waals surface area contributed by atoms with E-state index in [1.165, 1.54) is 0 Å². The van der Waals surface area contributed by atoms with Crippen molar-refractivity contribution in [3.05, 3.63) is 59.3 Å². The molecule has 1 aliphatic heterocycles. The lowest BCUT2D eigenvalue weighted by molar-refractivity contribution is -0.127. The summed E-state index contributed by atoms with van der Waals surface area (Å²) in [6.45, 7) is 7.16. The molecule has 2 aromatic rings. The molecule has 1 saturated heterocycles. The van der Waals surface area contributed by atoms with Gasteiger partial charge in [-0.2, -0.15) is 5.10 Å². The van der Waals surface area contributed by atoms with Crippen LogP contribution in [0.2, 0.25) is 0 Å². The van der Waals surface area contributed by atoms with Crippen molar-refractivity contribution in [2.45, 2.75) is 39.7 Å². The maximum Gasteiger partial charge on any atom is 0.257 e. The number of allylic oxidation sites excluding steroid dienone is 1. The monoisotopic (exact) mass is 366 g/mol. The molecule has 3 rings (SSSR count). The first-order chi connectivity index (χ1) is 13.0. The number of benzene rings is 1. The van der Waals surface area contributed by atoms with Crippen molar-refractivity contribution < 1.29 is 9.59 Å². The van der Waals surface area contributed by atoms with Crippen LogP contribution in [0.4, 0.5) is 5.82 Å². The van der Waals surface area contributed by atoms with Crippen molar-refractivity contribution in [1.82, 2.24) is 14.7 Å². The summed E-state index contributed by atoms with van der Waals surface area (Å²) in [6, 6.07) is 9.50. The summed E-state index contributed by atoms with van der Waals surface area (Å²) in [7, 11) is 0. The van der Waals surface area contributed by atoms with Crippen LogP contribution >= 0.6 is 0 Å². The van der Waals surface area contributed by atoms with Gasteiger partial charge in [0, 0.05) is 30.8 Å². The summed E-state index contributed by atoms with van der Waals surface area (Å²) in [5.41, 5.74) is 2.61. The summed E-state index contributed by atoms with van der Waals surface area (Å²) in [5, 5.41) is 7.39. The summed E-state index contributed by atoms with van der Waals surface area (Å²) in [6.07, 6.45) is 5.02. The number of hydrogen-bond donors (Lipinski definition) is 1. The highest BCUT2D eigenvalue weighted by molar-refractivity contribution is 6.04. The summed E-state index contributed by atoms with van der Waals surface area (Å²) >= 11 is 0. The van der Waals surface area contributed by atoms with Crippen LogP contribution in [0.3, 0.4) is 0 Å². The molecule has 0 atom stereocenters. The Morgan fingerprint density at radius 1 is 1.15 bits per heavy atom. The molecule has 27 heavy (non-hydrogen) atoms. The molecule has 6 heteroatoms. The quantitative estimate of drug-likeness (QED) is 0.841. The fourth-order valence-corrected chi connectivity index (χ4v) is 3.38. The van der Waals surface area contributed by atoms with E-state index >= 15 is 0 Å². The maximum absolute atomic E-state index is 12.6. The van der Waals surface area contributed by atoms with E-state index < -0.39 is 0 Å². The Balaban J connectivity index is 1.66. The van der Waals surface area contributed by atoms with Crippen LogP contribution in [-0.4, -0.2) is 39.6 Å². The van der Waals surface area contributed by atoms with Crippen LogP contribution in [-0.2, 0) is 4.79 Å². The Hall–Kier alpha value is -2.89. The number of hydrogen-bond acceptors (Lipinski definition) is 3. The highest BCUT2D eigenvalue weighted by atomic mass is 16.2. The molecule has 0 bridgehead atoms. The third-order valence-corrected chi connectivity index (χ3v) is 4.84. The van der Waals surface area contributed by atoms with E-state index in [4.69, 9.17) is 0 Å². The van der Waals surface area contributed by atoms with E-state index in [0.717, 1.165) is 24.0 Å². The number of likely N-dealkylation sites (tertiary alicyclic amines) is 1. The number of piperidine rings is 1. The van der Waals surface area contributed by atoms with Gasteiger partial charge >= 0.3 is 0 Å². The molecule has 0 saturated carbocycles. The Labute approximate surface area is 159 Å². The van der Waals surface area contributed by atoms with Gasteiger partial charge in [0.1, 0.15) is 5.82 Å². The Morgan fingerprint density at radius 2 is 1.85 bits per heavy atom. The van der Waals surface area contributed by atoms with Crippen LogP contribution in [0.15, 0.2) is 48.2 Å². The smallest absolute Gasteiger partial charge is 0.257 e. The predicted molar refractivity (Wildman–Crippen MR) is 106 cm³/mol. The third kappa shape index (κ3) is 4.45. The van der Waals surface area contributed by atoms with Crippen molar-refractivity contribution in [1.29, 1.82) is 0 Å². The van der Waals surface area contributed by atoms with Gasteiger partial charge in [-0.05, 0) is 45.2 Å². The molecule has 1 fully saturated rings. The van der Waals surface area contributed by atoms with Crippen LogP contribution in [0.5, 0.6) is 0 Å². The van der Waals surface area contributed by atoms with Gasteiger partial charge in [0.05, 0.1) is 12.2 Å². The minimum absolute atomic E-state index is 0.0713. The molecule has 142 valence electrons. The van der Waals surface area contributed by atoms with Gasteiger partial charge in [0.2, 0.25) is 5.91 Å². The summed E-state index contributed by atoms with van der Waals surface area (Å²) in [4.78, 5) is 26.6. The number of aryl methyl sites for hydroxylation is 1. The average molecular weight is 366 g/mol. The van der Waals surface area contributed by atoms with Crippen molar-refractivity contribution in [3.63, 3.8) is 0 Å². The standard InChI is InChI=1S/C21H26N4O2/c1-15(2)14-20(26)24-12-9-17(10-13-24)25-19(8-11-22-25)23-21(27)18-7-5-4-6-16(18)3/h4-8,11,14,17H,9-10,12-13H2,1-3H3,(H,23,27). The molecular formula is C21H26N4O2. The normalized spacial score (nSPS) is 14.7. The van der Waals surface area contributed by atoms with Crippen molar-refractivity contribution in [3.8, 4) is 0 Å². The van der Waals surface area contributed by atoms with Gasteiger partial charge in [-0.1, -0.05) is 23.8 Å². The lowest BCUT2D eigenvalue weighted by Gasteiger charge is -2.32. The Bertz CT molecular complexity index is 857. The first-order valence-electron chi connectivity index (χ1n) is 9.30. The second-order valence-corrected chi connectivity index (χ2v) is 7.21. The molecule has 0 unspecified atom stereocenters. The predicted octanol–water partition coefficient (Wildman–Crippen LogP) is 3.57. The van der Waals surface area contributed by atoms with E-state index in [2.05, 4.69) is 10.4 Å². The number of aromatic nitrogens is 2. The SMILES string of the molecule is CC(C)=CC(=O)N1CCC(n2nccc2NC(=O)c2ccccc2C)CC1. The van der Waals surface area contributed by atoms with Crippen molar-refractivity contribution >= 4 is 17.6 Å². The number of anilines is 1. The van der Waals surface area contributed by atoms with E-state index in [-0.39, 0.29) is 17.9 Å². The second kappa shape index (κ2) is 8.20. The summed E-state index contributed by atoms with van der Waals surface area (Å²) < 4.78 is 1.87. The zero-order chi connectivity index (χ0) is 19.4. The first-order valence-corrected chi connectivity index (χ1v) is 9.30. The zero-order valence-electron chi connectivity index (χ0n) is 16.1. The molecule has 0 aliphatic carbocycles. The number of nitrogens with zero attached hydrogens (tertiary/aromatic N) is 3. The van der Waals surface area contributed by atoms with Gasteiger partial charge in [0.15, 0.2) is 0 Å². The molecule has 0 radical (unpaired) electrons. The van der Waals surface area contributed by atoms with Gasteiger partial charge < -0.3 is 10.2 Å². The van der Waals surface area contributed by atoms with Crippen molar-refractivity contribution in [2.75, 3.05) is 18.4 Å². The molecule has 0 spiro atoms. The fourth-order valence-electron chi connectivity index (χ4n) is 3.38. The van der Waals surface area contributed by atoms with E-state index in [1.54, 1.807) is 12.3 Å². The highest BCUT2D eigenvalue weighted by Crippen LogP contribution is 2.26. The van der Waals surface area contributed by atoms with Gasteiger partial charge in [-0.15, -0.1) is 0 Å². The number of carbonyl (C=O) groups excluding carboxylic acids is 2. The molecule has 1 aromatic heterocycles. The van der Waals surface area contributed by atoms with Gasteiger partial charge in [0.25, 0.3) is 5.91 Å². The van der Waals surface area contributed by atoms with E-state index in [0.29, 0.717) is 24.5 Å². The molecule has 6 nitrogen and oxygen atoms in total. The minimum atomic E-state index is -0.133. The lowest BCUT2D eigenvalue weighted by Crippen LogP contribution is -2.38. The molecule has 2 heterocycles. The van der Waals surface area contributed by atoms with Gasteiger partial charge in [-0.3, -0.25) is 9.59 Å². The number of carbonyl (C=O) groups is 2. The molecule has 1 aromatic carbocycles. The number of amides is 2. The molecule has 1 N–H and O–H groups in total. The van der Waals surface area contributed by atoms with Crippen LogP contribution in [0.25, 0.3) is 0 Å². The Kier molecular flexibility index (Phi) is 5.74. The van der Waals surface area contributed by atoms with E-state index in [9.17, 15) is 9.59 Å². The molecular weight excluding hydrogens is 340 g/mol. The van der Waals surface area contributed by atoms with E-state index in [1.807, 2.05) is 60.7 Å². The highest BCUT2D eigenvalue weighted by Gasteiger charge is 2.25. The molecule has 1 aliphatic rings. The zero-order valence-corrected chi connectivity index (χ0v) is 16.1. The minimum Gasteiger partial charge on any atom is -0.339 e. The second-order valence-electron chi connectivity index (χ2n) is 7.21. The topological polar surface area (TPSA) is 67.2 Å². The fraction of sp³-hybridized carbons (Fsp3) is 0.381. The first kappa shape index (κ1) is 18.9. The maximum atomic E-state index is 12.6. The Morgan fingerprint density at radius 3 is 2.52 bits per heavy atom. The largest absolute Gasteiger partial charge is 0.339 e. The third-order valence-electron chi connectivity index (χ3n) is 4.84. The van der Waals surface area contributed by atoms with Crippen LogP contribution in [0.1, 0.15) is 48.7 Å². The van der Waals surface area contributed by atoms with Crippen LogP contribution in [0, 0.1) is 6.92 Å². The average Bonchev–Trinajstić information content (AvgIpc) is 3.09. The van der Waals surface area contributed by atoms with Crippen LogP contribution < -0.4 is 5.32 Å². The van der Waals surface area contributed by atoms with Gasteiger partial charge in [-0.25, -0.2) is 4.68 Å². The number of nitrogens with one attached hydrogen (secondary N) is 1. The number of rotatable bonds is 4.